The van der Waals surface area contributed by atoms with Gasteiger partial charge in [-0.05, 0) is 25.6 Å². The van der Waals surface area contributed by atoms with Crippen molar-refractivity contribution in [1.82, 2.24) is 4.98 Å². The minimum absolute atomic E-state index is 0.00590. The fourth-order valence-electron chi connectivity index (χ4n) is 0.917. The van der Waals surface area contributed by atoms with Gasteiger partial charge < -0.3 is 11.1 Å². The molecule has 0 aromatic carbocycles. The number of anilines is 1. The average Bonchev–Trinajstić information content (AvgIpc) is 2.59. The normalized spacial score (nSPS) is 10.3. The molecule has 0 atom stereocenters. The van der Waals surface area contributed by atoms with Gasteiger partial charge in [0.2, 0.25) is 5.91 Å². The number of nitrogens with zero attached hydrogens (tertiary/aromatic N) is 1. The maximum Gasteiger partial charge on any atom is 0.236 e. The van der Waals surface area contributed by atoms with Gasteiger partial charge in [-0.25, -0.2) is 4.98 Å². The number of amides is 1. The minimum Gasteiger partial charge on any atom is -0.330 e. The van der Waals surface area contributed by atoms with E-state index in [9.17, 15) is 4.79 Å². The standard InChI is InChI=1S/C9H15N3OS2/c1-7-5-15-9(11-7)12-8(13)6-14-4-2-3-10/h5H,2-4,6,10H2,1H3,(H,11,12,13). The summed E-state index contributed by atoms with van der Waals surface area (Å²) in [5, 5.41) is 5.35. The molecule has 0 aliphatic rings. The first-order valence-electron chi connectivity index (χ1n) is 4.72. The molecule has 0 unspecified atom stereocenters. The van der Waals surface area contributed by atoms with Gasteiger partial charge in [0, 0.05) is 5.38 Å². The summed E-state index contributed by atoms with van der Waals surface area (Å²) in [6.45, 7) is 2.59. The summed E-state index contributed by atoms with van der Waals surface area (Å²) in [6, 6.07) is 0. The highest BCUT2D eigenvalue weighted by Crippen LogP contribution is 2.14. The number of aryl methyl sites for hydroxylation is 1. The Hall–Kier alpha value is -0.590. The fraction of sp³-hybridized carbons (Fsp3) is 0.556. The second-order valence-corrected chi connectivity index (χ2v) is 5.00. The lowest BCUT2D eigenvalue weighted by molar-refractivity contribution is -0.113. The molecule has 0 spiro atoms. The molecular formula is C9H15N3OS2. The number of carbonyl (C=O) groups is 1. The Labute approximate surface area is 97.7 Å². The molecular weight excluding hydrogens is 230 g/mol. The van der Waals surface area contributed by atoms with Crippen molar-refractivity contribution in [2.75, 3.05) is 23.4 Å². The van der Waals surface area contributed by atoms with Gasteiger partial charge in [0.05, 0.1) is 11.4 Å². The molecule has 0 aliphatic carbocycles. The van der Waals surface area contributed by atoms with Gasteiger partial charge in [-0.15, -0.1) is 11.3 Å². The number of nitrogens with one attached hydrogen (secondary N) is 1. The topological polar surface area (TPSA) is 68.0 Å². The molecule has 0 saturated heterocycles. The SMILES string of the molecule is Cc1csc(NC(=O)CSCCCN)n1. The van der Waals surface area contributed by atoms with E-state index in [1.54, 1.807) is 11.8 Å². The number of aromatic nitrogens is 1. The molecule has 15 heavy (non-hydrogen) atoms. The molecule has 3 N–H and O–H groups in total. The summed E-state index contributed by atoms with van der Waals surface area (Å²) in [6.07, 6.45) is 0.953. The molecule has 1 aromatic rings. The Balaban J connectivity index is 2.18. The van der Waals surface area contributed by atoms with Gasteiger partial charge in [0.1, 0.15) is 0 Å². The third-order valence-electron chi connectivity index (χ3n) is 1.59. The molecule has 1 amide bonds. The van der Waals surface area contributed by atoms with Crippen LogP contribution in [0.4, 0.5) is 5.13 Å². The zero-order chi connectivity index (χ0) is 11.1. The van der Waals surface area contributed by atoms with E-state index in [1.807, 2.05) is 12.3 Å². The lowest BCUT2D eigenvalue weighted by Gasteiger charge is -2.00. The van der Waals surface area contributed by atoms with Crippen molar-refractivity contribution >= 4 is 34.1 Å². The highest BCUT2D eigenvalue weighted by atomic mass is 32.2. The first kappa shape index (κ1) is 12.5. The van der Waals surface area contributed by atoms with Crippen molar-refractivity contribution in [2.45, 2.75) is 13.3 Å². The summed E-state index contributed by atoms with van der Waals surface area (Å²) in [5.41, 5.74) is 6.29. The zero-order valence-electron chi connectivity index (χ0n) is 8.66. The number of thioether (sulfide) groups is 1. The Bertz CT molecular complexity index is 314. The van der Waals surface area contributed by atoms with Gasteiger partial charge in [0.25, 0.3) is 0 Å². The highest BCUT2D eigenvalue weighted by Gasteiger charge is 2.04. The summed E-state index contributed by atoms with van der Waals surface area (Å²) in [5.74, 6) is 1.41. The first-order valence-corrected chi connectivity index (χ1v) is 6.75. The molecule has 84 valence electrons. The monoisotopic (exact) mass is 245 g/mol. The Morgan fingerprint density at radius 3 is 3.13 bits per heavy atom. The van der Waals surface area contributed by atoms with E-state index >= 15 is 0 Å². The molecule has 0 radical (unpaired) electrons. The largest absolute Gasteiger partial charge is 0.330 e. The second-order valence-electron chi connectivity index (χ2n) is 3.04. The predicted molar refractivity (Wildman–Crippen MR) is 66.5 cm³/mol. The van der Waals surface area contributed by atoms with Crippen molar-refractivity contribution in [1.29, 1.82) is 0 Å². The number of rotatable bonds is 6. The summed E-state index contributed by atoms with van der Waals surface area (Å²) >= 11 is 3.05. The van der Waals surface area contributed by atoms with Crippen LogP contribution in [-0.2, 0) is 4.79 Å². The van der Waals surface area contributed by atoms with Gasteiger partial charge in [-0.2, -0.15) is 11.8 Å². The van der Waals surface area contributed by atoms with Crippen LogP contribution < -0.4 is 11.1 Å². The maximum atomic E-state index is 11.4. The average molecular weight is 245 g/mol. The van der Waals surface area contributed by atoms with Crippen molar-refractivity contribution in [3.63, 3.8) is 0 Å². The van der Waals surface area contributed by atoms with Crippen LogP contribution in [0, 0.1) is 6.92 Å². The van der Waals surface area contributed by atoms with E-state index < -0.39 is 0 Å². The highest BCUT2D eigenvalue weighted by molar-refractivity contribution is 7.99. The fourth-order valence-corrected chi connectivity index (χ4v) is 2.39. The van der Waals surface area contributed by atoms with Gasteiger partial charge >= 0.3 is 0 Å². The minimum atomic E-state index is 0.00590. The maximum absolute atomic E-state index is 11.4. The lowest BCUT2D eigenvalue weighted by atomic mass is 10.5. The van der Waals surface area contributed by atoms with E-state index in [-0.39, 0.29) is 5.91 Å². The van der Waals surface area contributed by atoms with Gasteiger partial charge in [-0.3, -0.25) is 4.79 Å². The van der Waals surface area contributed by atoms with E-state index in [0.717, 1.165) is 17.9 Å². The third-order valence-corrected chi connectivity index (χ3v) is 3.51. The quantitative estimate of drug-likeness (QED) is 0.745. The van der Waals surface area contributed by atoms with Crippen molar-refractivity contribution in [3.8, 4) is 0 Å². The van der Waals surface area contributed by atoms with E-state index in [4.69, 9.17) is 5.73 Å². The third kappa shape index (κ3) is 5.15. The van der Waals surface area contributed by atoms with Crippen LogP contribution in [0.5, 0.6) is 0 Å². The Morgan fingerprint density at radius 1 is 1.73 bits per heavy atom. The molecule has 0 bridgehead atoms. The van der Waals surface area contributed by atoms with Crippen molar-refractivity contribution in [3.05, 3.63) is 11.1 Å². The summed E-state index contributed by atoms with van der Waals surface area (Å²) < 4.78 is 0. The molecule has 0 fully saturated rings. The van der Waals surface area contributed by atoms with E-state index in [0.29, 0.717) is 17.4 Å². The lowest BCUT2D eigenvalue weighted by Crippen LogP contribution is -2.14. The summed E-state index contributed by atoms with van der Waals surface area (Å²) in [7, 11) is 0. The number of hydrogen-bond donors (Lipinski definition) is 2. The first-order chi connectivity index (χ1) is 7.22. The Morgan fingerprint density at radius 2 is 2.53 bits per heavy atom. The second kappa shape index (κ2) is 6.81. The van der Waals surface area contributed by atoms with Crippen molar-refractivity contribution in [2.24, 2.45) is 5.73 Å². The molecule has 0 aliphatic heterocycles. The van der Waals surface area contributed by atoms with Crippen LogP contribution in [0.2, 0.25) is 0 Å². The molecule has 1 aromatic heterocycles. The van der Waals surface area contributed by atoms with Crippen LogP contribution in [0.15, 0.2) is 5.38 Å². The molecule has 1 heterocycles. The number of carbonyl (C=O) groups excluding carboxylic acids is 1. The zero-order valence-corrected chi connectivity index (χ0v) is 10.3. The number of hydrogen-bond acceptors (Lipinski definition) is 5. The van der Waals surface area contributed by atoms with Gasteiger partial charge in [-0.1, -0.05) is 0 Å². The summed E-state index contributed by atoms with van der Waals surface area (Å²) in [4.78, 5) is 15.5. The molecule has 1 rings (SSSR count). The number of nitrogens with two attached hydrogens (primary N) is 1. The molecule has 6 heteroatoms. The molecule has 0 saturated carbocycles. The van der Waals surface area contributed by atoms with Crippen molar-refractivity contribution < 1.29 is 4.79 Å². The van der Waals surface area contributed by atoms with Crippen LogP contribution in [-0.4, -0.2) is 28.9 Å². The predicted octanol–water partition coefficient (Wildman–Crippen LogP) is 1.47. The van der Waals surface area contributed by atoms with Gasteiger partial charge in [0.15, 0.2) is 5.13 Å². The molecule has 4 nitrogen and oxygen atoms in total. The van der Waals surface area contributed by atoms with E-state index in [1.165, 1.54) is 11.3 Å². The van der Waals surface area contributed by atoms with Crippen LogP contribution >= 0.6 is 23.1 Å². The van der Waals surface area contributed by atoms with Crippen LogP contribution in [0.25, 0.3) is 0 Å². The smallest absolute Gasteiger partial charge is 0.236 e. The van der Waals surface area contributed by atoms with Crippen LogP contribution in [0.1, 0.15) is 12.1 Å². The van der Waals surface area contributed by atoms with Crippen LogP contribution in [0.3, 0.4) is 0 Å². The van der Waals surface area contributed by atoms with E-state index in [2.05, 4.69) is 10.3 Å². The number of thiazole rings is 1. The Kier molecular flexibility index (Phi) is 5.67.